The summed E-state index contributed by atoms with van der Waals surface area (Å²) in [5.41, 5.74) is 2.23. The van der Waals surface area contributed by atoms with Crippen molar-refractivity contribution in [3.63, 3.8) is 0 Å². The standard InChI is InChI=1S/C10H10O2.C9H10O/c1-2-3-8-4-5-9-10(6-8)12-7-11-9;1-8(10)7-9-5-3-2-4-6-9/h2-6H,7H2,1H3;2-6H,7H2,1H3. The second-order valence-electron chi connectivity index (χ2n) is 4.98. The number of hydrogen-bond donors (Lipinski definition) is 0. The molecule has 22 heavy (non-hydrogen) atoms. The molecule has 0 saturated carbocycles. The normalized spacial score (nSPS) is 11.9. The highest BCUT2D eigenvalue weighted by Gasteiger charge is 2.11. The van der Waals surface area contributed by atoms with Crippen LogP contribution in [0.2, 0.25) is 0 Å². The Hall–Kier alpha value is -2.55. The van der Waals surface area contributed by atoms with Gasteiger partial charge < -0.3 is 9.47 Å². The highest BCUT2D eigenvalue weighted by molar-refractivity contribution is 5.78. The zero-order chi connectivity index (χ0) is 15.8. The lowest BCUT2D eigenvalue weighted by atomic mass is 10.1. The molecule has 1 aliphatic rings. The third-order valence-corrected chi connectivity index (χ3v) is 3.05. The summed E-state index contributed by atoms with van der Waals surface area (Å²) in [6.45, 7) is 3.94. The molecular formula is C19H20O3. The maximum absolute atomic E-state index is 10.6. The summed E-state index contributed by atoms with van der Waals surface area (Å²) in [4.78, 5) is 10.6. The minimum Gasteiger partial charge on any atom is -0.454 e. The van der Waals surface area contributed by atoms with E-state index in [0.717, 1.165) is 22.6 Å². The molecule has 3 heteroatoms. The molecule has 0 saturated heterocycles. The highest BCUT2D eigenvalue weighted by Crippen LogP contribution is 2.32. The highest BCUT2D eigenvalue weighted by atomic mass is 16.7. The Morgan fingerprint density at radius 3 is 2.50 bits per heavy atom. The zero-order valence-corrected chi connectivity index (χ0v) is 12.9. The molecule has 0 atom stereocenters. The monoisotopic (exact) mass is 296 g/mol. The molecule has 1 aliphatic heterocycles. The van der Waals surface area contributed by atoms with Crippen LogP contribution in [0, 0.1) is 0 Å². The Bertz CT molecular complexity index is 645. The Labute approximate surface area is 131 Å². The molecule has 0 spiro atoms. The van der Waals surface area contributed by atoms with E-state index in [0.29, 0.717) is 13.2 Å². The predicted molar refractivity (Wildman–Crippen MR) is 88.1 cm³/mol. The van der Waals surface area contributed by atoms with Crippen molar-refractivity contribution < 1.29 is 14.3 Å². The number of Topliss-reactive ketones (excluding diaryl/α,β-unsaturated/α-hetero) is 1. The van der Waals surface area contributed by atoms with Gasteiger partial charge >= 0.3 is 0 Å². The van der Waals surface area contributed by atoms with Gasteiger partial charge in [-0.05, 0) is 37.1 Å². The van der Waals surface area contributed by atoms with E-state index in [-0.39, 0.29) is 5.78 Å². The van der Waals surface area contributed by atoms with Crippen LogP contribution in [0.5, 0.6) is 11.5 Å². The van der Waals surface area contributed by atoms with Crippen LogP contribution in [0.4, 0.5) is 0 Å². The van der Waals surface area contributed by atoms with Gasteiger partial charge in [-0.25, -0.2) is 0 Å². The van der Waals surface area contributed by atoms with Gasteiger partial charge in [0.2, 0.25) is 6.79 Å². The molecule has 0 unspecified atom stereocenters. The van der Waals surface area contributed by atoms with E-state index in [2.05, 4.69) is 0 Å². The van der Waals surface area contributed by atoms with Gasteiger partial charge in [-0.3, -0.25) is 4.79 Å². The van der Waals surface area contributed by atoms with Crippen LogP contribution in [0.15, 0.2) is 54.6 Å². The lowest BCUT2D eigenvalue weighted by Gasteiger charge is -1.96. The number of carbonyl (C=O) groups excluding carboxylic acids is 1. The largest absolute Gasteiger partial charge is 0.454 e. The fourth-order valence-electron chi connectivity index (χ4n) is 2.09. The topological polar surface area (TPSA) is 35.5 Å². The van der Waals surface area contributed by atoms with Gasteiger partial charge in [-0.2, -0.15) is 0 Å². The van der Waals surface area contributed by atoms with Crippen molar-refractivity contribution >= 4 is 11.9 Å². The van der Waals surface area contributed by atoms with Crippen LogP contribution in [0.3, 0.4) is 0 Å². The molecule has 2 aromatic carbocycles. The molecule has 0 N–H and O–H groups in total. The van der Waals surface area contributed by atoms with Gasteiger partial charge in [-0.15, -0.1) is 0 Å². The van der Waals surface area contributed by atoms with Gasteiger partial charge in [0.25, 0.3) is 0 Å². The van der Waals surface area contributed by atoms with E-state index in [9.17, 15) is 4.79 Å². The van der Waals surface area contributed by atoms with Crippen LogP contribution >= 0.6 is 0 Å². The number of ketones is 1. The molecule has 0 fully saturated rings. The molecule has 0 aromatic heterocycles. The molecule has 3 rings (SSSR count). The minimum absolute atomic E-state index is 0.214. The molecule has 0 amide bonds. The summed E-state index contributed by atoms with van der Waals surface area (Å²) in [5, 5.41) is 0. The maximum Gasteiger partial charge on any atom is 0.231 e. The smallest absolute Gasteiger partial charge is 0.231 e. The van der Waals surface area contributed by atoms with Crippen molar-refractivity contribution in [1.29, 1.82) is 0 Å². The summed E-state index contributed by atoms with van der Waals surface area (Å²) in [7, 11) is 0. The molecule has 0 bridgehead atoms. The van der Waals surface area contributed by atoms with Crippen LogP contribution in [-0.4, -0.2) is 12.6 Å². The molecule has 1 heterocycles. The van der Waals surface area contributed by atoms with Crippen molar-refractivity contribution in [3.05, 3.63) is 65.7 Å². The van der Waals surface area contributed by atoms with Gasteiger partial charge in [0.05, 0.1) is 0 Å². The van der Waals surface area contributed by atoms with Gasteiger partial charge in [0, 0.05) is 6.42 Å². The maximum atomic E-state index is 10.6. The zero-order valence-electron chi connectivity index (χ0n) is 12.9. The molecule has 0 radical (unpaired) electrons. The van der Waals surface area contributed by atoms with Crippen molar-refractivity contribution in [2.24, 2.45) is 0 Å². The second kappa shape index (κ2) is 8.03. The summed E-state index contributed by atoms with van der Waals surface area (Å²) in [5.74, 6) is 1.89. The van der Waals surface area contributed by atoms with E-state index in [1.165, 1.54) is 0 Å². The van der Waals surface area contributed by atoms with Gasteiger partial charge in [0.15, 0.2) is 11.5 Å². The van der Waals surface area contributed by atoms with Crippen molar-refractivity contribution in [3.8, 4) is 11.5 Å². The summed E-state index contributed by atoms with van der Waals surface area (Å²) in [6.07, 6.45) is 4.58. The van der Waals surface area contributed by atoms with Crippen molar-refractivity contribution in [2.75, 3.05) is 6.79 Å². The SMILES string of the molecule is CC(=O)Cc1ccccc1.CC=Cc1ccc2c(c1)OCO2. The first kappa shape index (κ1) is 15.8. The van der Waals surface area contributed by atoms with Crippen LogP contribution in [0.25, 0.3) is 6.08 Å². The third-order valence-electron chi connectivity index (χ3n) is 3.05. The number of ether oxygens (including phenoxy) is 2. The van der Waals surface area contributed by atoms with Crippen LogP contribution in [0.1, 0.15) is 25.0 Å². The molecule has 3 nitrogen and oxygen atoms in total. The fraction of sp³-hybridized carbons (Fsp3) is 0.211. The fourth-order valence-corrected chi connectivity index (χ4v) is 2.09. The van der Waals surface area contributed by atoms with Crippen LogP contribution < -0.4 is 9.47 Å². The number of benzene rings is 2. The second-order valence-corrected chi connectivity index (χ2v) is 4.98. The summed E-state index contributed by atoms with van der Waals surface area (Å²) in [6, 6.07) is 15.7. The predicted octanol–water partition coefficient (Wildman–Crippen LogP) is 4.27. The van der Waals surface area contributed by atoms with Crippen molar-refractivity contribution in [1.82, 2.24) is 0 Å². The molecule has 0 aliphatic carbocycles. The van der Waals surface area contributed by atoms with E-state index in [4.69, 9.17) is 9.47 Å². The first-order valence-corrected chi connectivity index (χ1v) is 7.24. The van der Waals surface area contributed by atoms with Crippen molar-refractivity contribution in [2.45, 2.75) is 20.3 Å². The third kappa shape index (κ3) is 4.77. The quantitative estimate of drug-likeness (QED) is 0.848. The minimum atomic E-state index is 0.214. The van der Waals surface area contributed by atoms with E-state index in [1.807, 2.05) is 67.6 Å². The molecule has 114 valence electrons. The number of fused-ring (bicyclic) bond motifs is 1. The summed E-state index contributed by atoms with van der Waals surface area (Å²) >= 11 is 0. The first-order chi connectivity index (χ1) is 10.7. The molecule has 2 aromatic rings. The lowest BCUT2D eigenvalue weighted by molar-refractivity contribution is -0.116. The number of rotatable bonds is 3. The van der Waals surface area contributed by atoms with E-state index < -0.39 is 0 Å². The van der Waals surface area contributed by atoms with Gasteiger partial charge in [-0.1, -0.05) is 48.6 Å². The first-order valence-electron chi connectivity index (χ1n) is 7.24. The van der Waals surface area contributed by atoms with E-state index in [1.54, 1.807) is 6.92 Å². The Kier molecular flexibility index (Phi) is 5.78. The van der Waals surface area contributed by atoms with E-state index >= 15 is 0 Å². The Morgan fingerprint density at radius 1 is 1.09 bits per heavy atom. The average molecular weight is 296 g/mol. The average Bonchev–Trinajstić information content (AvgIpc) is 2.96. The molecular weight excluding hydrogens is 276 g/mol. The Balaban J connectivity index is 0.000000164. The lowest BCUT2D eigenvalue weighted by Crippen LogP contribution is -1.94. The van der Waals surface area contributed by atoms with Crippen LogP contribution in [-0.2, 0) is 11.2 Å². The van der Waals surface area contributed by atoms with Gasteiger partial charge in [0.1, 0.15) is 5.78 Å². The number of hydrogen-bond acceptors (Lipinski definition) is 3. The summed E-state index contributed by atoms with van der Waals surface area (Å²) < 4.78 is 10.4. The Morgan fingerprint density at radius 2 is 1.82 bits per heavy atom. The number of carbonyl (C=O) groups is 1. The number of allylic oxidation sites excluding steroid dienone is 1.